The lowest BCUT2D eigenvalue weighted by atomic mass is 10.2. The largest absolute Gasteiger partial charge is 0.495 e. The number of thioether (sulfide) groups is 1. The number of hydrogen-bond donors (Lipinski definition) is 1. The molecule has 1 N–H and O–H groups in total. The Hall–Kier alpha value is -1.83. The fourth-order valence-corrected chi connectivity index (χ4v) is 2.90. The number of methoxy groups -OCH3 is 1. The van der Waals surface area contributed by atoms with Crippen LogP contribution in [0.5, 0.6) is 5.75 Å². The summed E-state index contributed by atoms with van der Waals surface area (Å²) in [5.41, 5.74) is 2.25. The minimum absolute atomic E-state index is 0.554. The van der Waals surface area contributed by atoms with Gasteiger partial charge in [0.25, 0.3) is 0 Å². The van der Waals surface area contributed by atoms with Crippen LogP contribution >= 0.6 is 23.4 Å². The first-order chi connectivity index (χ1) is 10.2. The molecule has 0 atom stereocenters. The van der Waals surface area contributed by atoms with Gasteiger partial charge in [0.05, 0.1) is 23.4 Å². The quantitative estimate of drug-likeness (QED) is 0.781. The van der Waals surface area contributed by atoms with E-state index in [1.54, 1.807) is 24.9 Å². The van der Waals surface area contributed by atoms with Gasteiger partial charge in [-0.1, -0.05) is 24.6 Å². The van der Waals surface area contributed by atoms with Crippen LogP contribution in [0, 0.1) is 11.3 Å². The van der Waals surface area contributed by atoms with Gasteiger partial charge in [-0.05, 0) is 30.0 Å². The maximum atomic E-state index is 9.40. The molecule has 0 aliphatic heterocycles. The van der Waals surface area contributed by atoms with E-state index in [4.69, 9.17) is 16.3 Å². The van der Waals surface area contributed by atoms with Crippen molar-refractivity contribution in [3.05, 3.63) is 47.0 Å². The van der Waals surface area contributed by atoms with E-state index >= 15 is 0 Å². The zero-order chi connectivity index (χ0) is 15.2. The summed E-state index contributed by atoms with van der Waals surface area (Å²) in [5.74, 6) is 1.52. The van der Waals surface area contributed by atoms with E-state index in [1.807, 2.05) is 30.3 Å². The SMILES string of the molecule is CCSc1cccc(Nc2ccc(Cl)c(OC)c2)c1C#N. The summed E-state index contributed by atoms with van der Waals surface area (Å²) in [6, 6.07) is 13.5. The Kier molecular flexibility index (Phi) is 5.38. The van der Waals surface area contributed by atoms with Crippen LogP contribution in [-0.2, 0) is 0 Å². The summed E-state index contributed by atoms with van der Waals surface area (Å²) in [6.45, 7) is 2.07. The second-order valence-corrected chi connectivity index (χ2v) is 5.91. The molecule has 0 bridgehead atoms. The van der Waals surface area contributed by atoms with Crippen molar-refractivity contribution in [2.45, 2.75) is 11.8 Å². The molecule has 21 heavy (non-hydrogen) atoms. The van der Waals surface area contributed by atoms with Gasteiger partial charge >= 0.3 is 0 Å². The topological polar surface area (TPSA) is 45.0 Å². The minimum atomic E-state index is 0.554. The lowest BCUT2D eigenvalue weighted by Gasteiger charge is -2.12. The highest BCUT2D eigenvalue weighted by Crippen LogP contribution is 2.32. The van der Waals surface area contributed by atoms with Gasteiger partial charge in [0.2, 0.25) is 0 Å². The third kappa shape index (κ3) is 3.63. The highest BCUT2D eigenvalue weighted by atomic mass is 35.5. The first kappa shape index (κ1) is 15.6. The predicted molar refractivity (Wildman–Crippen MR) is 88.8 cm³/mol. The minimum Gasteiger partial charge on any atom is -0.495 e. The van der Waals surface area contributed by atoms with Crippen LogP contribution < -0.4 is 10.1 Å². The Morgan fingerprint density at radius 3 is 2.81 bits per heavy atom. The Morgan fingerprint density at radius 1 is 1.33 bits per heavy atom. The number of benzene rings is 2. The van der Waals surface area contributed by atoms with Crippen LogP contribution in [0.15, 0.2) is 41.3 Å². The second kappa shape index (κ2) is 7.26. The van der Waals surface area contributed by atoms with Gasteiger partial charge in [-0.2, -0.15) is 5.26 Å². The van der Waals surface area contributed by atoms with Crippen molar-refractivity contribution in [3.63, 3.8) is 0 Å². The van der Waals surface area contributed by atoms with E-state index < -0.39 is 0 Å². The van der Waals surface area contributed by atoms with E-state index in [-0.39, 0.29) is 0 Å². The summed E-state index contributed by atoms with van der Waals surface area (Å²) in [4.78, 5) is 0.978. The number of ether oxygens (including phenoxy) is 1. The maximum absolute atomic E-state index is 9.40. The molecule has 0 saturated heterocycles. The van der Waals surface area contributed by atoms with Crippen molar-refractivity contribution < 1.29 is 4.74 Å². The first-order valence-electron chi connectivity index (χ1n) is 6.46. The number of nitrogens with zero attached hydrogens (tertiary/aromatic N) is 1. The molecule has 108 valence electrons. The van der Waals surface area contributed by atoms with Crippen LogP contribution in [0.1, 0.15) is 12.5 Å². The molecule has 0 aliphatic carbocycles. The number of anilines is 2. The van der Waals surface area contributed by atoms with E-state index in [1.165, 1.54) is 0 Å². The second-order valence-electron chi connectivity index (χ2n) is 4.20. The molecule has 0 amide bonds. The third-order valence-electron chi connectivity index (χ3n) is 2.87. The third-order valence-corrected chi connectivity index (χ3v) is 4.12. The maximum Gasteiger partial charge on any atom is 0.139 e. The van der Waals surface area contributed by atoms with Gasteiger partial charge in [0.15, 0.2) is 0 Å². The van der Waals surface area contributed by atoms with Crippen molar-refractivity contribution in [1.82, 2.24) is 0 Å². The molecule has 2 aromatic rings. The molecule has 0 unspecified atom stereocenters. The van der Waals surface area contributed by atoms with Gasteiger partial charge in [-0.3, -0.25) is 0 Å². The monoisotopic (exact) mass is 318 g/mol. The molecule has 5 heteroatoms. The van der Waals surface area contributed by atoms with Gasteiger partial charge in [-0.25, -0.2) is 0 Å². The highest BCUT2D eigenvalue weighted by molar-refractivity contribution is 7.99. The predicted octanol–water partition coefficient (Wildman–Crippen LogP) is 5.08. The molecule has 3 nitrogen and oxygen atoms in total. The molecular weight excluding hydrogens is 304 g/mol. The average molecular weight is 319 g/mol. The molecular formula is C16H15ClN2OS. The van der Waals surface area contributed by atoms with Crippen LogP contribution in [0.25, 0.3) is 0 Å². The van der Waals surface area contributed by atoms with E-state index in [9.17, 15) is 5.26 Å². The molecule has 0 aromatic heterocycles. The zero-order valence-corrected chi connectivity index (χ0v) is 13.4. The van der Waals surface area contributed by atoms with Crippen LogP contribution in [0.3, 0.4) is 0 Å². The standard InChI is InChI=1S/C16H15ClN2OS/c1-3-21-16-6-4-5-14(12(16)10-18)19-11-7-8-13(17)15(9-11)20-2/h4-9,19H,3H2,1-2H3. The van der Waals surface area contributed by atoms with Crippen molar-refractivity contribution >= 4 is 34.7 Å². The molecule has 0 spiro atoms. The lowest BCUT2D eigenvalue weighted by molar-refractivity contribution is 0.415. The zero-order valence-electron chi connectivity index (χ0n) is 11.8. The fraction of sp³-hybridized carbons (Fsp3) is 0.188. The average Bonchev–Trinajstić information content (AvgIpc) is 2.50. The molecule has 0 radical (unpaired) electrons. The smallest absolute Gasteiger partial charge is 0.139 e. The number of hydrogen-bond acceptors (Lipinski definition) is 4. The number of nitrogens with one attached hydrogen (secondary N) is 1. The first-order valence-corrected chi connectivity index (χ1v) is 7.82. The Labute approximate surface area is 133 Å². The summed E-state index contributed by atoms with van der Waals surface area (Å²) < 4.78 is 5.20. The van der Waals surface area contributed by atoms with Gasteiger partial charge in [-0.15, -0.1) is 11.8 Å². The molecule has 0 aliphatic rings. The Balaban J connectivity index is 2.35. The van der Waals surface area contributed by atoms with Crippen LogP contribution in [0.4, 0.5) is 11.4 Å². The van der Waals surface area contributed by atoms with E-state index in [0.29, 0.717) is 16.3 Å². The van der Waals surface area contributed by atoms with Gasteiger partial charge < -0.3 is 10.1 Å². The molecule has 0 heterocycles. The van der Waals surface area contributed by atoms with Gasteiger partial charge in [0.1, 0.15) is 11.8 Å². The van der Waals surface area contributed by atoms with Crippen LogP contribution in [-0.4, -0.2) is 12.9 Å². The summed E-state index contributed by atoms with van der Waals surface area (Å²) in [5, 5.41) is 13.2. The van der Waals surface area contributed by atoms with E-state index in [0.717, 1.165) is 22.0 Å². The highest BCUT2D eigenvalue weighted by Gasteiger charge is 2.09. The molecule has 2 rings (SSSR count). The van der Waals surface area contributed by atoms with Crippen molar-refractivity contribution in [3.8, 4) is 11.8 Å². The van der Waals surface area contributed by atoms with Crippen molar-refractivity contribution in [2.24, 2.45) is 0 Å². The summed E-state index contributed by atoms with van der Waals surface area (Å²) in [7, 11) is 1.57. The number of halogens is 1. The summed E-state index contributed by atoms with van der Waals surface area (Å²) >= 11 is 7.67. The number of nitriles is 1. The van der Waals surface area contributed by atoms with Crippen molar-refractivity contribution in [1.29, 1.82) is 5.26 Å². The Bertz CT molecular complexity index is 682. The lowest BCUT2D eigenvalue weighted by Crippen LogP contribution is -1.96. The molecule has 0 saturated carbocycles. The molecule has 0 fully saturated rings. The van der Waals surface area contributed by atoms with Gasteiger partial charge in [0, 0.05) is 16.6 Å². The number of rotatable bonds is 5. The summed E-state index contributed by atoms with van der Waals surface area (Å²) in [6.07, 6.45) is 0. The molecule has 2 aromatic carbocycles. The normalized spacial score (nSPS) is 10.0. The Morgan fingerprint density at radius 2 is 2.14 bits per heavy atom. The van der Waals surface area contributed by atoms with E-state index in [2.05, 4.69) is 18.3 Å². The fourth-order valence-electron chi connectivity index (χ4n) is 1.92. The van der Waals surface area contributed by atoms with Crippen molar-refractivity contribution in [2.75, 3.05) is 18.2 Å². The van der Waals surface area contributed by atoms with Crippen LogP contribution in [0.2, 0.25) is 5.02 Å².